The van der Waals surface area contributed by atoms with Crippen LogP contribution in [0.4, 0.5) is 0 Å². The van der Waals surface area contributed by atoms with Crippen LogP contribution in [0.3, 0.4) is 0 Å². The predicted molar refractivity (Wildman–Crippen MR) is 124 cm³/mol. The first-order chi connectivity index (χ1) is 16.1. The number of piperidine rings is 1. The minimum absolute atomic E-state index is 0.0287. The fourth-order valence-electron chi connectivity index (χ4n) is 5.29. The quantitative estimate of drug-likeness (QED) is 0.360. The Bertz CT molecular complexity index is 1520. The van der Waals surface area contributed by atoms with Gasteiger partial charge in [-0.2, -0.15) is 0 Å². The minimum atomic E-state index is -0.398. The largest absolute Gasteiger partial charge is 0.484 e. The highest BCUT2D eigenvalue weighted by Crippen LogP contribution is 2.35. The van der Waals surface area contributed by atoms with Crippen LogP contribution >= 0.6 is 0 Å². The van der Waals surface area contributed by atoms with Gasteiger partial charge in [0, 0.05) is 48.8 Å². The van der Waals surface area contributed by atoms with E-state index >= 15 is 0 Å². The lowest BCUT2D eigenvalue weighted by Gasteiger charge is -2.42. The van der Waals surface area contributed by atoms with Gasteiger partial charge >= 0.3 is 5.63 Å². The van der Waals surface area contributed by atoms with E-state index in [-0.39, 0.29) is 29.9 Å². The molecule has 2 aliphatic heterocycles. The van der Waals surface area contributed by atoms with Gasteiger partial charge in [0.2, 0.25) is 0 Å². The van der Waals surface area contributed by atoms with Gasteiger partial charge in [0.05, 0.1) is 5.39 Å². The number of carbonyl (C=O) groups is 1. The fourth-order valence-corrected chi connectivity index (χ4v) is 5.29. The molecule has 166 valence electrons. The number of pyridine rings is 1. The molecule has 33 heavy (non-hydrogen) atoms. The molecule has 4 heterocycles. The number of carbonyl (C=O) groups excluding carboxylic acids is 1. The average molecular weight is 442 g/mol. The van der Waals surface area contributed by atoms with Gasteiger partial charge in [-0.15, -0.1) is 0 Å². The topological polar surface area (TPSA) is 81.8 Å². The molecule has 2 atom stereocenters. The maximum atomic E-state index is 12.9. The molecule has 1 fully saturated rings. The third-order valence-corrected chi connectivity index (χ3v) is 6.79. The van der Waals surface area contributed by atoms with Crippen molar-refractivity contribution < 1.29 is 13.9 Å². The van der Waals surface area contributed by atoms with Gasteiger partial charge in [-0.25, -0.2) is 4.79 Å². The Morgan fingerprint density at radius 2 is 1.79 bits per heavy atom. The first-order valence-electron chi connectivity index (χ1n) is 11.1. The molecule has 4 aromatic rings. The van der Waals surface area contributed by atoms with Gasteiger partial charge in [-0.05, 0) is 42.0 Å². The van der Waals surface area contributed by atoms with E-state index in [0.717, 1.165) is 22.9 Å². The third-order valence-electron chi connectivity index (χ3n) is 6.79. The second kappa shape index (κ2) is 7.62. The van der Waals surface area contributed by atoms with E-state index in [2.05, 4.69) is 0 Å². The van der Waals surface area contributed by atoms with Crippen LogP contribution in [0, 0.1) is 5.92 Å². The molecule has 2 bridgehead atoms. The van der Waals surface area contributed by atoms with Crippen molar-refractivity contribution in [2.45, 2.75) is 18.9 Å². The van der Waals surface area contributed by atoms with Crippen LogP contribution in [-0.4, -0.2) is 35.1 Å². The number of fused-ring (bicyclic) bond motifs is 7. The zero-order valence-electron chi connectivity index (χ0n) is 17.9. The molecule has 6 rings (SSSR count). The summed E-state index contributed by atoms with van der Waals surface area (Å²) in [5.41, 5.74) is 1.07. The summed E-state index contributed by atoms with van der Waals surface area (Å²) < 4.78 is 13.1. The Kier molecular flexibility index (Phi) is 4.57. The number of likely N-dealkylation sites (tertiary alicyclic amines) is 1. The van der Waals surface area contributed by atoms with Crippen molar-refractivity contribution in [3.63, 3.8) is 0 Å². The zero-order valence-corrected chi connectivity index (χ0v) is 17.9. The van der Waals surface area contributed by atoms with Crippen LogP contribution in [0.1, 0.15) is 18.0 Å². The Labute approximate surface area is 188 Å². The normalized spacial score (nSPS) is 19.5. The SMILES string of the molecule is O=C(COc1ccc2c(c1)oc(=O)c1ccccc12)N1C[C@@H]2C[C@H](C1)c1cccc(=O)n1C2. The van der Waals surface area contributed by atoms with Gasteiger partial charge < -0.3 is 18.6 Å². The highest BCUT2D eigenvalue weighted by Gasteiger charge is 2.36. The third kappa shape index (κ3) is 3.40. The highest BCUT2D eigenvalue weighted by molar-refractivity contribution is 6.04. The van der Waals surface area contributed by atoms with E-state index in [1.165, 1.54) is 0 Å². The molecule has 2 aromatic heterocycles. The Morgan fingerprint density at radius 1 is 0.939 bits per heavy atom. The molecule has 1 saturated heterocycles. The van der Waals surface area contributed by atoms with Crippen LogP contribution in [-0.2, 0) is 11.3 Å². The number of benzene rings is 2. The smallest absolute Gasteiger partial charge is 0.344 e. The Morgan fingerprint density at radius 3 is 2.67 bits per heavy atom. The lowest BCUT2D eigenvalue weighted by atomic mass is 9.83. The molecule has 0 radical (unpaired) electrons. The van der Waals surface area contributed by atoms with Crippen molar-refractivity contribution in [1.82, 2.24) is 9.47 Å². The van der Waals surface area contributed by atoms with Crippen LogP contribution in [0.5, 0.6) is 5.75 Å². The molecule has 1 amide bonds. The molecule has 0 N–H and O–H groups in total. The molecule has 0 spiro atoms. The molecule has 7 heteroatoms. The number of ether oxygens (including phenoxy) is 1. The van der Waals surface area contributed by atoms with Crippen molar-refractivity contribution in [2.75, 3.05) is 19.7 Å². The molecule has 0 saturated carbocycles. The van der Waals surface area contributed by atoms with E-state index in [4.69, 9.17) is 9.15 Å². The molecule has 2 aliphatic rings. The zero-order chi connectivity index (χ0) is 22.5. The van der Waals surface area contributed by atoms with E-state index in [0.29, 0.717) is 36.4 Å². The Balaban J connectivity index is 1.19. The number of hydrogen-bond donors (Lipinski definition) is 0. The van der Waals surface area contributed by atoms with Crippen LogP contribution in [0.2, 0.25) is 0 Å². The fraction of sp³-hybridized carbons (Fsp3) is 0.269. The van der Waals surface area contributed by atoms with Gasteiger partial charge in [-0.1, -0.05) is 24.3 Å². The standard InChI is InChI=1S/C26H22N2O5/c29-24-7-3-6-22-17-10-16(13-28(22)24)12-27(14-17)25(30)15-32-18-8-9-20-19-4-1-2-5-21(19)26(31)33-23(20)11-18/h1-9,11,16-17H,10,12-15H2/t16-,17+/m0/s1. The maximum absolute atomic E-state index is 12.9. The highest BCUT2D eigenvalue weighted by atomic mass is 16.5. The molecule has 7 nitrogen and oxygen atoms in total. The predicted octanol–water partition coefficient (Wildman–Crippen LogP) is 3.13. The second-order valence-corrected chi connectivity index (χ2v) is 8.88. The average Bonchev–Trinajstić information content (AvgIpc) is 2.83. The number of aromatic nitrogens is 1. The lowest BCUT2D eigenvalue weighted by Crippen LogP contribution is -2.50. The van der Waals surface area contributed by atoms with Gasteiger partial charge in [0.1, 0.15) is 11.3 Å². The second-order valence-electron chi connectivity index (χ2n) is 8.88. The summed E-state index contributed by atoms with van der Waals surface area (Å²) in [5, 5.41) is 2.18. The summed E-state index contributed by atoms with van der Waals surface area (Å²) in [6.07, 6.45) is 0.992. The number of rotatable bonds is 3. The van der Waals surface area contributed by atoms with Crippen LogP contribution in [0.25, 0.3) is 21.7 Å². The van der Waals surface area contributed by atoms with E-state index in [1.54, 1.807) is 36.4 Å². The van der Waals surface area contributed by atoms with Crippen molar-refractivity contribution in [3.05, 3.63) is 87.1 Å². The summed E-state index contributed by atoms with van der Waals surface area (Å²) in [6.45, 7) is 1.76. The van der Waals surface area contributed by atoms with Crippen molar-refractivity contribution in [2.24, 2.45) is 5.92 Å². The summed E-state index contributed by atoms with van der Waals surface area (Å²) in [7, 11) is 0. The molecule has 0 unspecified atom stereocenters. The minimum Gasteiger partial charge on any atom is -0.484 e. The lowest BCUT2D eigenvalue weighted by molar-refractivity contribution is -0.136. The van der Waals surface area contributed by atoms with E-state index in [1.807, 2.05) is 33.7 Å². The monoisotopic (exact) mass is 442 g/mol. The number of amides is 1. The van der Waals surface area contributed by atoms with E-state index in [9.17, 15) is 14.4 Å². The number of hydrogen-bond acceptors (Lipinski definition) is 5. The van der Waals surface area contributed by atoms with Gasteiger partial charge in [-0.3, -0.25) is 9.59 Å². The first-order valence-corrected chi connectivity index (χ1v) is 11.1. The number of nitrogens with zero attached hydrogens (tertiary/aromatic N) is 2. The van der Waals surface area contributed by atoms with Crippen molar-refractivity contribution in [1.29, 1.82) is 0 Å². The summed E-state index contributed by atoms with van der Waals surface area (Å²) in [6, 6.07) is 18.0. The van der Waals surface area contributed by atoms with Gasteiger partial charge in [0.15, 0.2) is 6.61 Å². The summed E-state index contributed by atoms with van der Waals surface area (Å²) >= 11 is 0. The molecule has 0 aliphatic carbocycles. The van der Waals surface area contributed by atoms with E-state index < -0.39 is 5.63 Å². The van der Waals surface area contributed by atoms with Crippen molar-refractivity contribution in [3.8, 4) is 5.75 Å². The molecule has 2 aromatic carbocycles. The van der Waals surface area contributed by atoms with Crippen LogP contribution in [0.15, 0.2) is 74.7 Å². The molecular weight excluding hydrogens is 420 g/mol. The first kappa shape index (κ1) is 19.8. The molecular formula is C26H22N2O5. The van der Waals surface area contributed by atoms with Crippen molar-refractivity contribution >= 4 is 27.6 Å². The summed E-state index contributed by atoms with van der Waals surface area (Å²) in [5.74, 6) is 0.821. The maximum Gasteiger partial charge on any atom is 0.344 e. The van der Waals surface area contributed by atoms with Crippen LogP contribution < -0.4 is 15.9 Å². The Hall–Kier alpha value is -3.87. The van der Waals surface area contributed by atoms with Gasteiger partial charge in [0.25, 0.3) is 11.5 Å². The summed E-state index contributed by atoms with van der Waals surface area (Å²) in [4.78, 5) is 39.3.